The maximum Gasteiger partial charge on any atom is 0.241 e. The lowest BCUT2D eigenvalue weighted by atomic mass is 9.91. The summed E-state index contributed by atoms with van der Waals surface area (Å²) in [4.78, 5) is 0.0493. The van der Waals surface area contributed by atoms with E-state index in [1.807, 2.05) is 6.07 Å². The van der Waals surface area contributed by atoms with Gasteiger partial charge in [0, 0.05) is 6.54 Å². The Morgan fingerprint density at radius 1 is 1.26 bits per heavy atom. The molecule has 1 aromatic carbocycles. The zero-order valence-corrected chi connectivity index (χ0v) is 12.4. The largest absolute Gasteiger partial charge is 0.241 e. The zero-order chi connectivity index (χ0) is 14.5. The quantitative estimate of drug-likeness (QED) is 0.843. The molecule has 104 valence electrons. The van der Waals surface area contributed by atoms with E-state index in [0.29, 0.717) is 6.54 Å². The van der Waals surface area contributed by atoms with E-state index in [4.69, 9.17) is 5.26 Å². The third kappa shape index (κ3) is 5.01. The highest BCUT2D eigenvalue weighted by atomic mass is 32.2. The number of hydrogen-bond donors (Lipinski definition) is 1. The second-order valence-corrected chi connectivity index (χ2v) is 7.41. The van der Waals surface area contributed by atoms with Crippen molar-refractivity contribution in [2.75, 3.05) is 6.54 Å². The molecular weight excluding hydrogens is 260 g/mol. The van der Waals surface area contributed by atoms with Gasteiger partial charge in [-0.1, -0.05) is 32.9 Å². The Morgan fingerprint density at radius 2 is 1.89 bits per heavy atom. The smallest absolute Gasteiger partial charge is 0.211 e. The molecule has 0 aliphatic rings. The van der Waals surface area contributed by atoms with Crippen LogP contribution in [0.15, 0.2) is 29.2 Å². The van der Waals surface area contributed by atoms with Crippen LogP contribution in [-0.4, -0.2) is 15.0 Å². The molecule has 5 heteroatoms. The monoisotopic (exact) mass is 280 g/mol. The summed E-state index contributed by atoms with van der Waals surface area (Å²) in [5, 5.41) is 8.92. The summed E-state index contributed by atoms with van der Waals surface area (Å²) >= 11 is 0. The Morgan fingerprint density at radius 3 is 2.47 bits per heavy atom. The van der Waals surface area contributed by atoms with Crippen LogP contribution in [0.3, 0.4) is 0 Å². The molecule has 0 aliphatic carbocycles. The van der Waals surface area contributed by atoms with Crippen LogP contribution in [0.1, 0.15) is 39.2 Å². The van der Waals surface area contributed by atoms with Gasteiger partial charge in [-0.15, -0.1) is 0 Å². The second kappa shape index (κ2) is 6.18. The van der Waals surface area contributed by atoms with Crippen LogP contribution < -0.4 is 4.72 Å². The van der Waals surface area contributed by atoms with Gasteiger partial charge in [-0.2, -0.15) is 5.26 Å². The fraction of sp³-hybridized carbons (Fsp3) is 0.500. The first kappa shape index (κ1) is 15.7. The summed E-state index contributed by atoms with van der Waals surface area (Å²) in [5.41, 5.74) is 0.363. The van der Waals surface area contributed by atoms with E-state index >= 15 is 0 Å². The van der Waals surface area contributed by atoms with Crippen molar-refractivity contribution in [3.8, 4) is 6.07 Å². The topological polar surface area (TPSA) is 70.0 Å². The van der Waals surface area contributed by atoms with Gasteiger partial charge in [0.05, 0.1) is 10.5 Å². The van der Waals surface area contributed by atoms with Crippen molar-refractivity contribution >= 4 is 10.0 Å². The van der Waals surface area contributed by atoms with Crippen molar-refractivity contribution in [3.05, 3.63) is 29.8 Å². The molecule has 0 heterocycles. The van der Waals surface area contributed by atoms with E-state index in [-0.39, 0.29) is 15.9 Å². The molecule has 0 bridgehead atoms. The van der Waals surface area contributed by atoms with Gasteiger partial charge in [-0.25, -0.2) is 13.1 Å². The van der Waals surface area contributed by atoms with E-state index in [1.165, 1.54) is 12.1 Å². The van der Waals surface area contributed by atoms with E-state index in [9.17, 15) is 8.42 Å². The number of nitrogens with zero attached hydrogens (tertiary/aromatic N) is 1. The van der Waals surface area contributed by atoms with Crippen molar-refractivity contribution in [1.29, 1.82) is 5.26 Å². The van der Waals surface area contributed by atoms with Crippen molar-refractivity contribution < 1.29 is 8.42 Å². The minimum Gasteiger partial charge on any atom is -0.211 e. The normalized spacial score (nSPS) is 12.1. The Kier molecular flexibility index (Phi) is 5.10. The fourth-order valence-electron chi connectivity index (χ4n) is 1.70. The molecular formula is C14H20N2O2S. The highest BCUT2D eigenvalue weighted by molar-refractivity contribution is 7.89. The number of rotatable bonds is 5. The van der Waals surface area contributed by atoms with Gasteiger partial charge in [-0.05, 0) is 30.4 Å². The SMILES string of the molecule is CC(C)(C)CCCNS(=O)(=O)c1ccccc1C#N. The Bertz CT molecular complexity index is 566. The molecule has 0 atom stereocenters. The van der Waals surface area contributed by atoms with E-state index < -0.39 is 10.0 Å². The third-order valence-corrected chi connectivity index (χ3v) is 4.21. The highest BCUT2D eigenvalue weighted by Gasteiger charge is 2.18. The van der Waals surface area contributed by atoms with Gasteiger partial charge in [0.15, 0.2) is 0 Å². The van der Waals surface area contributed by atoms with Crippen LogP contribution in [0.25, 0.3) is 0 Å². The molecule has 0 aliphatic heterocycles. The standard InChI is InChI=1S/C14H20N2O2S/c1-14(2,3)9-6-10-16-19(17,18)13-8-5-4-7-12(13)11-15/h4-5,7-8,16H,6,9-10H2,1-3H3. The number of nitrogens with one attached hydrogen (secondary N) is 1. The van der Waals surface area contributed by atoms with Gasteiger partial charge < -0.3 is 0 Å². The van der Waals surface area contributed by atoms with E-state index in [1.54, 1.807) is 12.1 Å². The molecule has 4 nitrogen and oxygen atoms in total. The lowest BCUT2D eigenvalue weighted by Crippen LogP contribution is -2.26. The van der Waals surface area contributed by atoms with E-state index in [2.05, 4.69) is 25.5 Å². The van der Waals surface area contributed by atoms with E-state index in [0.717, 1.165) is 12.8 Å². The molecule has 0 unspecified atom stereocenters. The summed E-state index contributed by atoms with van der Waals surface area (Å²) in [6.07, 6.45) is 1.72. The van der Waals surface area contributed by atoms with Gasteiger partial charge >= 0.3 is 0 Å². The average molecular weight is 280 g/mol. The third-order valence-electron chi connectivity index (χ3n) is 2.69. The fourth-order valence-corrected chi connectivity index (χ4v) is 2.93. The van der Waals surface area contributed by atoms with Crippen LogP contribution in [-0.2, 0) is 10.0 Å². The van der Waals surface area contributed by atoms with Gasteiger partial charge in [-0.3, -0.25) is 0 Å². The highest BCUT2D eigenvalue weighted by Crippen LogP contribution is 2.20. The Labute approximate surface area is 115 Å². The minimum absolute atomic E-state index is 0.0493. The summed E-state index contributed by atoms with van der Waals surface area (Å²) < 4.78 is 26.7. The summed E-state index contributed by atoms with van der Waals surface area (Å²) in [6, 6.07) is 8.12. The lowest BCUT2D eigenvalue weighted by molar-refractivity contribution is 0.365. The predicted molar refractivity (Wildman–Crippen MR) is 75.0 cm³/mol. The van der Waals surface area contributed by atoms with Gasteiger partial charge in [0.2, 0.25) is 10.0 Å². The van der Waals surface area contributed by atoms with Crippen molar-refractivity contribution in [1.82, 2.24) is 4.72 Å². The first-order valence-electron chi connectivity index (χ1n) is 6.25. The van der Waals surface area contributed by atoms with Crippen LogP contribution in [0.5, 0.6) is 0 Å². The minimum atomic E-state index is -3.59. The Balaban J connectivity index is 2.70. The van der Waals surface area contributed by atoms with Crippen LogP contribution >= 0.6 is 0 Å². The van der Waals surface area contributed by atoms with Gasteiger partial charge in [0.1, 0.15) is 6.07 Å². The van der Waals surface area contributed by atoms with Crippen LogP contribution in [0, 0.1) is 16.7 Å². The number of hydrogen-bond acceptors (Lipinski definition) is 3. The van der Waals surface area contributed by atoms with Crippen molar-refractivity contribution in [2.45, 2.75) is 38.5 Å². The maximum absolute atomic E-state index is 12.1. The predicted octanol–water partition coefficient (Wildman–Crippen LogP) is 2.66. The molecule has 0 aromatic heterocycles. The average Bonchev–Trinajstić information content (AvgIpc) is 2.33. The van der Waals surface area contributed by atoms with Crippen LogP contribution in [0.4, 0.5) is 0 Å². The molecule has 1 N–H and O–H groups in total. The lowest BCUT2D eigenvalue weighted by Gasteiger charge is -2.17. The second-order valence-electron chi connectivity index (χ2n) is 5.67. The number of nitriles is 1. The number of benzene rings is 1. The molecule has 0 radical (unpaired) electrons. The number of sulfonamides is 1. The Hall–Kier alpha value is -1.38. The van der Waals surface area contributed by atoms with Crippen molar-refractivity contribution in [3.63, 3.8) is 0 Å². The maximum atomic E-state index is 12.1. The van der Waals surface area contributed by atoms with Crippen molar-refractivity contribution in [2.24, 2.45) is 5.41 Å². The van der Waals surface area contributed by atoms with Crippen LogP contribution in [0.2, 0.25) is 0 Å². The molecule has 0 saturated heterocycles. The molecule has 0 amide bonds. The molecule has 0 saturated carbocycles. The first-order valence-corrected chi connectivity index (χ1v) is 7.73. The molecule has 0 spiro atoms. The molecule has 1 aromatic rings. The van der Waals surface area contributed by atoms with Gasteiger partial charge in [0.25, 0.3) is 0 Å². The molecule has 1 rings (SSSR count). The molecule has 0 fully saturated rings. The zero-order valence-electron chi connectivity index (χ0n) is 11.6. The molecule has 19 heavy (non-hydrogen) atoms. The summed E-state index contributed by atoms with van der Waals surface area (Å²) in [5.74, 6) is 0. The summed E-state index contributed by atoms with van der Waals surface area (Å²) in [6.45, 7) is 6.74. The first-order chi connectivity index (χ1) is 8.76. The summed E-state index contributed by atoms with van der Waals surface area (Å²) in [7, 11) is -3.59.